The monoisotopic (exact) mass is 512 g/mol. The molecule has 0 bridgehead atoms. The highest BCUT2D eigenvalue weighted by Gasteiger charge is 2.31. The number of carbonyl (C=O) groups is 1. The van der Waals surface area contributed by atoms with Gasteiger partial charge < -0.3 is 25.4 Å². The van der Waals surface area contributed by atoms with Gasteiger partial charge in [0.1, 0.15) is 5.60 Å². The van der Waals surface area contributed by atoms with Gasteiger partial charge in [-0.2, -0.15) is 0 Å². The molecule has 1 rings (SSSR count). The van der Waals surface area contributed by atoms with Gasteiger partial charge in [0.05, 0.1) is 0 Å². The zero-order valence-corrected chi connectivity index (χ0v) is 20.7. The second kappa shape index (κ2) is 13.5. The molecule has 0 aromatic rings. The van der Waals surface area contributed by atoms with Gasteiger partial charge >= 0.3 is 6.09 Å². The van der Waals surface area contributed by atoms with Gasteiger partial charge in [-0.25, -0.2) is 4.79 Å². The first-order chi connectivity index (χ1) is 12.7. The highest BCUT2D eigenvalue weighted by Crippen LogP contribution is 2.39. The van der Waals surface area contributed by atoms with E-state index in [1.165, 1.54) is 19.3 Å². The van der Waals surface area contributed by atoms with Gasteiger partial charge in [-0.15, -0.1) is 24.0 Å². The van der Waals surface area contributed by atoms with E-state index in [0.29, 0.717) is 13.1 Å². The molecule has 0 aromatic heterocycles. The number of hydrogen-bond acceptors (Lipinski definition) is 4. The minimum atomic E-state index is -0.490. The summed E-state index contributed by atoms with van der Waals surface area (Å²) in [5.41, 5.74) is -0.362. The third kappa shape index (κ3) is 10.7. The first-order valence-electron chi connectivity index (χ1n) is 10.3. The Morgan fingerprint density at radius 1 is 1.21 bits per heavy atom. The van der Waals surface area contributed by atoms with Crippen molar-refractivity contribution < 1.29 is 14.6 Å². The number of likely N-dealkylation sites (N-methyl/N-ethyl adjacent to an activating group) is 1. The molecule has 1 aliphatic carbocycles. The molecule has 28 heavy (non-hydrogen) atoms. The van der Waals surface area contributed by atoms with Crippen molar-refractivity contribution >= 4 is 36.0 Å². The number of amides is 1. The van der Waals surface area contributed by atoms with Crippen LogP contribution in [0.25, 0.3) is 0 Å². The molecule has 7 nitrogen and oxygen atoms in total. The van der Waals surface area contributed by atoms with E-state index in [9.17, 15) is 9.90 Å². The molecular formula is C20H41IN4O3. The lowest BCUT2D eigenvalue weighted by Gasteiger charge is -2.35. The quantitative estimate of drug-likeness (QED) is 0.264. The van der Waals surface area contributed by atoms with Crippen molar-refractivity contribution in [3.8, 4) is 0 Å². The summed E-state index contributed by atoms with van der Waals surface area (Å²) >= 11 is 0. The number of hydrogen-bond donors (Lipinski definition) is 3. The summed E-state index contributed by atoms with van der Waals surface area (Å²) in [6, 6.07) is 0. The lowest BCUT2D eigenvalue weighted by molar-refractivity contribution is 0.0302. The number of nitrogens with zero attached hydrogens (tertiary/aromatic N) is 2. The molecule has 8 heteroatoms. The Kier molecular flexibility index (Phi) is 13.1. The maximum Gasteiger partial charge on any atom is 0.410 e. The molecule has 0 unspecified atom stereocenters. The van der Waals surface area contributed by atoms with Crippen LogP contribution in [0.2, 0.25) is 0 Å². The first kappa shape index (κ1) is 27.2. The van der Waals surface area contributed by atoms with Crippen LogP contribution in [-0.2, 0) is 4.74 Å². The number of halogens is 1. The molecule has 0 saturated heterocycles. The van der Waals surface area contributed by atoms with Crippen LogP contribution in [0.4, 0.5) is 4.79 Å². The number of aliphatic hydroxyl groups is 1. The van der Waals surface area contributed by atoms with Crippen LogP contribution in [0.15, 0.2) is 4.99 Å². The van der Waals surface area contributed by atoms with Crippen molar-refractivity contribution in [1.82, 2.24) is 15.5 Å². The second-order valence-corrected chi connectivity index (χ2v) is 8.56. The van der Waals surface area contributed by atoms with Gasteiger partial charge in [0.25, 0.3) is 0 Å². The summed E-state index contributed by atoms with van der Waals surface area (Å²) in [4.78, 5) is 18.4. The van der Waals surface area contributed by atoms with Crippen molar-refractivity contribution in [1.29, 1.82) is 0 Å². The third-order valence-electron chi connectivity index (χ3n) is 4.92. The number of ether oxygens (including phenoxy) is 1. The number of guanidine groups is 1. The summed E-state index contributed by atoms with van der Waals surface area (Å²) in [6.07, 6.45) is 6.50. The van der Waals surface area contributed by atoms with Crippen molar-refractivity contribution in [2.75, 3.05) is 39.8 Å². The number of nitrogens with one attached hydrogen (secondary N) is 2. The summed E-state index contributed by atoms with van der Waals surface area (Å²) < 4.78 is 5.36. The minimum Gasteiger partial charge on any atom is -0.444 e. The van der Waals surface area contributed by atoms with E-state index >= 15 is 0 Å². The maximum atomic E-state index is 12.0. The lowest BCUT2D eigenvalue weighted by Crippen LogP contribution is -2.43. The molecule has 0 aliphatic heterocycles. The van der Waals surface area contributed by atoms with Crippen molar-refractivity contribution in [2.24, 2.45) is 10.4 Å². The van der Waals surface area contributed by atoms with E-state index in [1.807, 2.05) is 27.7 Å². The van der Waals surface area contributed by atoms with Crippen LogP contribution in [0.3, 0.4) is 0 Å². The van der Waals surface area contributed by atoms with Gasteiger partial charge in [0, 0.05) is 39.8 Å². The molecule has 3 N–H and O–H groups in total. The molecule has 1 amide bonds. The van der Waals surface area contributed by atoms with Crippen LogP contribution >= 0.6 is 24.0 Å². The highest BCUT2D eigenvalue weighted by molar-refractivity contribution is 14.0. The largest absolute Gasteiger partial charge is 0.444 e. The average Bonchev–Trinajstić information content (AvgIpc) is 2.59. The smallest absolute Gasteiger partial charge is 0.410 e. The Morgan fingerprint density at radius 2 is 1.86 bits per heavy atom. The number of aliphatic imine (C=N–C) groups is 1. The van der Waals surface area contributed by atoms with Gasteiger partial charge in [0.2, 0.25) is 0 Å². The van der Waals surface area contributed by atoms with Crippen LogP contribution in [0.1, 0.15) is 66.2 Å². The molecule has 166 valence electrons. The first-order valence-corrected chi connectivity index (χ1v) is 10.3. The predicted molar refractivity (Wildman–Crippen MR) is 125 cm³/mol. The van der Waals surface area contributed by atoms with E-state index in [2.05, 4.69) is 10.6 Å². The molecule has 1 saturated carbocycles. The molecule has 0 spiro atoms. The Balaban J connectivity index is 0.00000729. The van der Waals surface area contributed by atoms with E-state index in [-0.39, 0.29) is 42.1 Å². The molecule has 1 aliphatic rings. The van der Waals surface area contributed by atoms with Crippen LogP contribution < -0.4 is 10.6 Å². The molecule has 0 aromatic carbocycles. The fraction of sp³-hybridized carbons (Fsp3) is 0.900. The van der Waals surface area contributed by atoms with Crippen LogP contribution in [-0.4, -0.2) is 67.5 Å². The van der Waals surface area contributed by atoms with Crippen molar-refractivity contribution in [2.45, 2.75) is 71.8 Å². The van der Waals surface area contributed by atoms with Crippen LogP contribution in [0, 0.1) is 5.41 Å². The zero-order valence-electron chi connectivity index (χ0n) is 18.3. The average molecular weight is 512 g/mol. The normalized spacial score (nSPS) is 16.7. The van der Waals surface area contributed by atoms with E-state index in [1.54, 1.807) is 11.9 Å². The second-order valence-electron chi connectivity index (χ2n) is 8.56. The number of rotatable bonds is 8. The maximum absolute atomic E-state index is 12.0. The summed E-state index contributed by atoms with van der Waals surface area (Å²) in [7, 11) is 1.73. The van der Waals surface area contributed by atoms with Crippen molar-refractivity contribution in [3.05, 3.63) is 0 Å². The van der Waals surface area contributed by atoms with Gasteiger partial charge in [-0.1, -0.05) is 19.3 Å². The summed E-state index contributed by atoms with van der Waals surface area (Å²) in [6.45, 7) is 10.5. The molecule has 0 heterocycles. The van der Waals surface area contributed by atoms with E-state index < -0.39 is 5.60 Å². The van der Waals surface area contributed by atoms with Gasteiger partial charge in [0.15, 0.2) is 5.96 Å². The zero-order chi connectivity index (χ0) is 20.3. The Hall–Kier alpha value is -0.770. The lowest BCUT2D eigenvalue weighted by atomic mass is 9.72. The molecule has 1 fully saturated rings. The van der Waals surface area contributed by atoms with Gasteiger partial charge in [-0.3, -0.25) is 4.99 Å². The minimum absolute atomic E-state index is 0. The standard InChI is InChI=1S/C20H40N4O3.HI/c1-6-21-17(22-13-14-24(5)18(26)27-19(2,3)4)23-16-20(12-15-25)10-8-7-9-11-20;/h25H,6-16H2,1-5H3,(H2,21,22,23);1H. The number of aliphatic hydroxyl groups excluding tert-OH is 1. The van der Waals surface area contributed by atoms with E-state index in [4.69, 9.17) is 9.73 Å². The summed E-state index contributed by atoms with van der Waals surface area (Å²) in [5, 5.41) is 16.0. The fourth-order valence-corrected chi connectivity index (χ4v) is 3.39. The topological polar surface area (TPSA) is 86.2 Å². The van der Waals surface area contributed by atoms with Gasteiger partial charge in [-0.05, 0) is 52.4 Å². The van der Waals surface area contributed by atoms with E-state index in [0.717, 1.165) is 38.3 Å². The SMILES string of the molecule is CCNC(=NCC1(CCO)CCCCC1)NCCN(C)C(=O)OC(C)(C)C.I. The Morgan fingerprint density at radius 3 is 2.39 bits per heavy atom. The summed E-state index contributed by atoms with van der Waals surface area (Å²) in [5.74, 6) is 0.762. The number of carbonyl (C=O) groups excluding carboxylic acids is 1. The predicted octanol–water partition coefficient (Wildman–Crippen LogP) is 3.36. The Labute approximate surface area is 188 Å². The molecule has 0 radical (unpaired) electrons. The Bertz CT molecular complexity index is 469. The highest BCUT2D eigenvalue weighted by atomic mass is 127. The molecular weight excluding hydrogens is 471 g/mol. The third-order valence-corrected chi connectivity index (χ3v) is 4.92. The van der Waals surface area contributed by atoms with Crippen LogP contribution in [0.5, 0.6) is 0 Å². The fourth-order valence-electron chi connectivity index (χ4n) is 3.39. The van der Waals surface area contributed by atoms with Crippen molar-refractivity contribution in [3.63, 3.8) is 0 Å². The molecule has 0 atom stereocenters.